The lowest BCUT2D eigenvalue weighted by molar-refractivity contribution is -0.137. The molecule has 0 spiro atoms. The molecule has 0 N–H and O–H groups in total. The molecular weight excluding hydrogens is 382 g/mol. The van der Waals surface area contributed by atoms with Gasteiger partial charge in [0, 0.05) is 13.1 Å². The molecule has 3 rings (SSSR count). The molecule has 0 aromatic heterocycles. The lowest BCUT2D eigenvalue weighted by Crippen LogP contribution is -2.39. The van der Waals surface area contributed by atoms with Crippen LogP contribution >= 0.6 is 11.6 Å². The van der Waals surface area contributed by atoms with E-state index in [1.807, 2.05) is 0 Å². The lowest BCUT2D eigenvalue weighted by Gasteiger charge is -2.32. The van der Waals surface area contributed by atoms with Gasteiger partial charge in [-0.1, -0.05) is 23.7 Å². The van der Waals surface area contributed by atoms with Crippen LogP contribution in [0.2, 0.25) is 5.02 Å². The molecule has 1 aliphatic rings. The molecule has 7 heteroatoms. The van der Waals surface area contributed by atoms with Crippen molar-refractivity contribution in [3.63, 3.8) is 0 Å². The van der Waals surface area contributed by atoms with Crippen molar-refractivity contribution in [3.05, 3.63) is 70.0 Å². The fourth-order valence-corrected chi connectivity index (χ4v) is 3.53. The molecule has 144 valence electrons. The molecule has 1 aliphatic heterocycles. The van der Waals surface area contributed by atoms with Crippen LogP contribution in [0.15, 0.2) is 42.5 Å². The summed E-state index contributed by atoms with van der Waals surface area (Å²) in [4.78, 5) is 14.2. The molecule has 1 saturated heterocycles. The van der Waals surface area contributed by atoms with Crippen molar-refractivity contribution in [1.82, 2.24) is 4.90 Å². The topological polar surface area (TPSA) is 20.3 Å². The zero-order valence-electron chi connectivity index (χ0n) is 14.4. The zero-order valence-corrected chi connectivity index (χ0v) is 15.2. The monoisotopic (exact) mass is 399 g/mol. The van der Waals surface area contributed by atoms with E-state index in [0.29, 0.717) is 19.5 Å². The number of likely N-dealkylation sites (tertiary alicyclic amines) is 1. The molecule has 2 nitrogen and oxygen atoms in total. The molecule has 1 heterocycles. The van der Waals surface area contributed by atoms with E-state index in [1.54, 1.807) is 4.90 Å². The molecule has 0 atom stereocenters. The molecule has 0 bridgehead atoms. The summed E-state index contributed by atoms with van der Waals surface area (Å²) in [5.74, 6) is -0.527. The van der Waals surface area contributed by atoms with E-state index in [4.69, 9.17) is 11.6 Å². The molecule has 1 amide bonds. The van der Waals surface area contributed by atoms with Crippen molar-refractivity contribution in [2.24, 2.45) is 5.92 Å². The van der Waals surface area contributed by atoms with Crippen LogP contribution in [-0.4, -0.2) is 23.9 Å². The van der Waals surface area contributed by atoms with Gasteiger partial charge in [-0.15, -0.1) is 0 Å². The summed E-state index contributed by atoms with van der Waals surface area (Å²) >= 11 is 6.00. The molecule has 0 aliphatic carbocycles. The van der Waals surface area contributed by atoms with E-state index >= 15 is 0 Å². The van der Waals surface area contributed by atoms with Crippen LogP contribution in [0.3, 0.4) is 0 Å². The van der Waals surface area contributed by atoms with Gasteiger partial charge in [0.05, 0.1) is 16.1 Å². The summed E-state index contributed by atoms with van der Waals surface area (Å²) < 4.78 is 51.2. The first kappa shape index (κ1) is 19.7. The molecule has 0 saturated carbocycles. The van der Waals surface area contributed by atoms with E-state index in [1.165, 1.54) is 24.3 Å². The van der Waals surface area contributed by atoms with Crippen molar-refractivity contribution < 1.29 is 22.4 Å². The SMILES string of the molecule is O=C(c1cc(F)ccc1Cl)N1CCC(Cc2ccc(C(F)(F)F)cc2)CC1. The molecule has 1 fully saturated rings. The average molecular weight is 400 g/mol. The van der Waals surface area contributed by atoms with Gasteiger partial charge in [0.15, 0.2) is 0 Å². The Morgan fingerprint density at radius 1 is 1.07 bits per heavy atom. The molecule has 0 unspecified atom stereocenters. The zero-order chi connectivity index (χ0) is 19.6. The first-order valence-corrected chi connectivity index (χ1v) is 9.02. The number of carbonyl (C=O) groups excluding carboxylic acids is 1. The van der Waals surface area contributed by atoms with Gasteiger partial charge in [0.2, 0.25) is 0 Å². The van der Waals surface area contributed by atoms with Crippen molar-refractivity contribution in [2.75, 3.05) is 13.1 Å². The van der Waals surface area contributed by atoms with Crippen LogP contribution < -0.4 is 0 Å². The Morgan fingerprint density at radius 2 is 1.70 bits per heavy atom. The number of nitrogens with zero attached hydrogens (tertiary/aromatic N) is 1. The highest BCUT2D eigenvalue weighted by Gasteiger charge is 2.30. The summed E-state index contributed by atoms with van der Waals surface area (Å²) in [6.45, 7) is 1.02. The Morgan fingerprint density at radius 3 is 2.30 bits per heavy atom. The minimum atomic E-state index is -4.33. The third-order valence-electron chi connectivity index (χ3n) is 4.87. The highest BCUT2D eigenvalue weighted by Crippen LogP contribution is 2.30. The van der Waals surface area contributed by atoms with Crippen LogP contribution in [0, 0.1) is 11.7 Å². The summed E-state index contributed by atoms with van der Waals surface area (Å²) in [6, 6.07) is 8.91. The smallest absolute Gasteiger partial charge is 0.339 e. The first-order valence-electron chi connectivity index (χ1n) is 8.64. The Hall–Kier alpha value is -2.08. The average Bonchev–Trinajstić information content (AvgIpc) is 2.63. The van der Waals surface area contributed by atoms with Crippen molar-refractivity contribution in [3.8, 4) is 0 Å². The number of alkyl halides is 3. The normalized spacial score (nSPS) is 15.8. The molecule has 2 aromatic carbocycles. The number of rotatable bonds is 3. The number of halogens is 5. The number of carbonyl (C=O) groups is 1. The fraction of sp³-hybridized carbons (Fsp3) is 0.350. The minimum Gasteiger partial charge on any atom is -0.339 e. The third-order valence-corrected chi connectivity index (χ3v) is 5.20. The van der Waals surface area contributed by atoms with E-state index < -0.39 is 17.6 Å². The maximum absolute atomic E-state index is 13.4. The molecule has 27 heavy (non-hydrogen) atoms. The van der Waals surface area contributed by atoms with Crippen LogP contribution in [0.5, 0.6) is 0 Å². The first-order chi connectivity index (χ1) is 12.7. The van der Waals surface area contributed by atoms with Gasteiger partial charge in [-0.05, 0) is 61.1 Å². The Labute approximate surface area is 159 Å². The van der Waals surface area contributed by atoms with E-state index in [9.17, 15) is 22.4 Å². The summed E-state index contributed by atoms with van der Waals surface area (Å²) in [7, 11) is 0. The van der Waals surface area contributed by atoms with E-state index in [-0.39, 0.29) is 22.4 Å². The lowest BCUT2D eigenvalue weighted by atomic mass is 9.89. The van der Waals surface area contributed by atoms with Gasteiger partial charge < -0.3 is 4.90 Å². The van der Waals surface area contributed by atoms with Gasteiger partial charge in [-0.25, -0.2) is 4.39 Å². The van der Waals surface area contributed by atoms with Crippen molar-refractivity contribution >= 4 is 17.5 Å². The largest absolute Gasteiger partial charge is 0.416 e. The number of benzene rings is 2. The van der Waals surface area contributed by atoms with Gasteiger partial charge in [-0.2, -0.15) is 13.2 Å². The number of hydrogen-bond donors (Lipinski definition) is 0. The Balaban J connectivity index is 1.57. The summed E-state index contributed by atoms with van der Waals surface area (Å²) in [5, 5.41) is 0.216. The maximum atomic E-state index is 13.4. The van der Waals surface area contributed by atoms with E-state index in [2.05, 4.69) is 0 Å². The maximum Gasteiger partial charge on any atom is 0.416 e. The number of piperidine rings is 1. The van der Waals surface area contributed by atoms with Crippen LogP contribution in [0.1, 0.15) is 34.3 Å². The third kappa shape index (κ3) is 4.80. The minimum absolute atomic E-state index is 0.151. The van der Waals surface area contributed by atoms with Crippen molar-refractivity contribution in [2.45, 2.75) is 25.4 Å². The number of hydrogen-bond acceptors (Lipinski definition) is 1. The van der Waals surface area contributed by atoms with Gasteiger partial charge in [0.1, 0.15) is 5.82 Å². The second-order valence-electron chi connectivity index (χ2n) is 6.76. The Kier molecular flexibility index (Phi) is 5.75. The van der Waals surface area contributed by atoms with Crippen molar-refractivity contribution in [1.29, 1.82) is 0 Å². The fourth-order valence-electron chi connectivity index (χ4n) is 3.34. The summed E-state index contributed by atoms with van der Waals surface area (Å²) in [6.07, 6.45) is -2.19. The summed E-state index contributed by atoms with van der Waals surface area (Å²) in [5.41, 5.74) is 0.345. The number of amides is 1. The van der Waals surface area contributed by atoms with Gasteiger partial charge >= 0.3 is 6.18 Å². The molecule has 2 aromatic rings. The van der Waals surface area contributed by atoms with Gasteiger partial charge in [-0.3, -0.25) is 4.79 Å². The standard InChI is InChI=1S/C20H18ClF4NO/c21-18-6-5-16(22)12-17(18)19(27)26-9-7-14(8-10-26)11-13-1-3-15(4-2-13)20(23,24)25/h1-6,12,14H,7-11H2. The highest BCUT2D eigenvalue weighted by molar-refractivity contribution is 6.33. The second-order valence-corrected chi connectivity index (χ2v) is 7.17. The van der Waals surface area contributed by atoms with Crippen LogP contribution in [-0.2, 0) is 12.6 Å². The molecular formula is C20H18ClF4NO. The molecule has 0 radical (unpaired) electrons. The quantitative estimate of drug-likeness (QED) is 0.616. The van der Waals surface area contributed by atoms with E-state index in [0.717, 1.165) is 36.6 Å². The predicted octanol–water partition coefficient (Wildman–Crippen LogP) is 5.59. The van der Waals surface area contributed by atoms with Gasteiger partial charge in [0.25, 0.3) is 5.91 Å². The Bertz CT molecular complexity index is 812. The van der Waals surface area contributed by atoms with Crippen LogP contribution in [0.4, 0.5) is 17.6 Å². The van der Waals surface area contributed by atoms with Crippen LogP contribution in [0.25, 0.3) is 0 Å². The highest BCUT2D eigenvalue weighted by atomic mass is 35.5. The predicted molar refractivity (Wildman–Crippen MR) is 95.2 cm³/mol. The second kappa shape index (κ2) is 7.89.